The lowest BCUT2D eigenvalue weighted by atomic mass is 10.2. The van der Waals surface area contributed by atoms with E-state index in [1.54, 1.807) is 17.8 Å². The standard InChI is InChI=1S/C13H11N3OS/c1-18-11-4-2-10(3-5-11)17-13-12(15)9(8-14)6-7-16-13/h2-7H,15H2,1H3. The summed E-state index contributed by atoms with van der Waals surface area (Å²) < 4.78 is 5.55. The number of aromatic nitrogens is 1. The predicted octanol–water partition coefficient (Wildman–Crippen LogP) is 3.05. The largest absolute Gasteiger partial charge is 0.437 e. The molecule has 0 aliphatic heterocycles. The molecule has 2 N–H and O–H groups in total. The normalized spacial score (nSPS) is 9.78. The number of rotatable bonds is 3. The SMILES string of the molecule is CSc1ccc(Oc2nccc(C#N)c2N)cc1. The summed E-state index contributed by atoms with van der Waals surface area (Å²) in [6, 6.07) is 11.1. The van der Waals surface area contributed by atoms with Gasteiger partial charge in [-0.1, -0.05) is 0 Å². The van der Waals surface area contributed by atoms with E-state index in [-0.39, 0.29) is 11.6 Å². The maximum atomic E-state index is 8.86. The minimum absolute atomic E-state index is 0.256. The van der Waals surface area contributed by atoms with E-state index in [1.165, 1.54) is 6.20 Å². The third-order valence-corrected chi connectivity index (χ3v) is 3.09. The van der Waals surface area contributed by atoms with Gasteiger partial charge >= 0.3 is 0 Å². The smallest absolute Gasteiger partial charge is 0.244 e. The maximum Gasteiger partial charge on any atom is 0.244 e. The van der Waals surface area contributed by atoms with Gasteiger partial charge in [-0.05, 0) is 36.6 Å². The third kappa shape index (κ3) is 2.55. The van der Waals surface area contributed by atoms with Gasteiger partial charge in [0.25, 0.3) is 0 Å². The molecule has 5 heteroatoms. The van der Waals surface area contributed by atoms with Gasteiger partial charge in [-0.3, -0.25) is 0 Å². The monoisotopic (exact) mass is 257 g/mol. The summed E-state index contributed by atoms with van der Waals surface area (Å²) in [5.74, 6) is 0.896. The highest BCUT2D eigenvalue weighted by molar-refractivity contribution is 7.98. The molecule has 1 aromatic carbocycles. The first-order chi connectivity index (χ1) is 8.74. The van der Waals surface area contributed by atoms with Gasteiger partial charge in [0, 0.05) is 11.1 Å². The number of anilines is 1. The molecule has 0 fully saturated rings. The molecule has 0 unspecified atom stereocenters. The lowest BCUT2D eigenvalue weighted by Crippen LogP contribution is -1.97. The van der Waals surface area contributed by atoms with Crippen LogP contribution < -0.4 is 10.5 Å². The van der Waals surface area contributed by atoms with E-state index in [9.17, 15) is 0 Å². The van der Waals surface area contributed by atoms with Crippen molar-refractivity contribution in [1.82, 2.24) is 4.98 Å². The zero-order chi connectivity index (χ0) is 13.0. The van der Waals surface area contributed by atoms with Crippen LogP contribution in [0.3, 0.4) is 0 Å². The first-order valence-corrected chi connectivity index (χ1v) is 6.43. The molecule has 4 nitrogen and oxygen atoms in total. The van der Waals surface area contributed by atoms with E-state index in [0.717, 1.165) is 4.90 Å². The zero-order valence-corrected chi connectivity index (χ0v) is 10.6. The van der Waals surface area contributed by atoms with Crippen LogP contribution in [-0.4, -0.2) is 11.2 Å². The fourth-order valence-electron chi connectivity index (χ4n) is 1.39. The Hall–Kier alpha value is -2.19. The van der Waals surface area contributed by atoms with Crippen LogP contribution in [0.1, 0.15) is 5.56 Å². The minimum Gasteiger partial charge on any atom is -0.437 e. The number of nitrogens with two attached hydrogens (primary N) is 1. The highest BCUT2D eigenvalue weighted by Gasteiger charge is 2.08. The van der Waals surface area contributed by atoms with Gasteiger partial charge in [0.05, 0.1) is 5.56 Å². The number of thioether (sulfide) groups is 1. The Kier molecular flexibility index (Phi) is 3.70. The van der Waals surface area contributed by atoms with Crippen LogP contribution in [0.25, 0.3) is 0 Å². The third-order valence-electron chi connectivity index (χ3n) is 2.35. The van der Waals surface area contributed by atoms with Crippen LogP contribution in [0.2, 0.25) is 0 Å². The second kappa shape index (κ2) is 5.43. The minimum atomic E-state index is 0.256. The van der Waals surface area contributed by atoms with Gasteiger partial charge in [-0.15, -0.1) is 11.8 Å². The average Bonchev–Trinajstić information content (AvgIpc) is 2.42. The summed E-state index contributed by atoms with van der Waals surface area (Å²) >= 11 is 1.65. The van der Waals surface area contributed by atoms with Crippen molar-refractivity contribution in [3.63, 3.8) is 0 Å². The Labute approximate surface area is 109 Å². The van der Waals surface area contributed by atoms with E-state index in [0.29, 0.717) is 11.3 Å². The number of nitrogens with zero attached hydrogens (tertiary/aromatic N) is 2. The summed E-state index contributed by atoms with van der Waals surface area (Å²) in [7, 11) is 0. The van der Waals surface area contributed by atoms with Crippen molar-refractivity contribution in [2.24, 2.45) is 0 Å². The van der Waals surface area contributed by atoms with E-state index in [4.69, 9.17) is 15.7 Å². The molecular weight excluding hydrogens is 246 g/mol. The summed E-state index contributed by atoms with van der Waals surface area (Å²) in [6.07, 6.45) is 3.51. The highest BCUT2D eigenvalue weighted by Crippen LogP contribution is 2.28. The first kappa shape index (κ1) is 12.3. The molecule has 0 saturated carbocycles. The molecule has 0 spiro atoms. The van der Waals surface area contributed by atoms with Crippen molar-refractivity contribution in [2.45, 2.75) is 4.90 Å². The lowest BCUT2D eigenvalue weighted by molar-refractivity contribution is 0.465. The fraction of sp³-hybridized carbons (Fsp3) is 0.0769. The molecule has 0 radical (unpaired) electrons. The Morgan fingerprint density at radius 1 is 1.28 bits per heavy atom. The van der Waals surface area contributed by atoms with E-state index < -0.39 is 0 Å². The molecular formula is C13H11N3OS. The Bertz CT molecular complexity index is 590. The van der Waals surface area contributed by atoms with Crippen molar-refractivity contribution >= 4 is 17.4 Å². The zero-order valence-electron chi connectivity index (χ0n) is 9.75. The summed E-state index contributed by atoms with van der Waals surface area (Å²) in [5, 5.41) is 8.86. The number of pyridine rings is 1. The van der Waals surface area contributed by atoms with Crippen LogP contribution >= 0.6 is 11.8 Å². The fourth-order valence-corrected chi connectivity index (χ4v) is 1.80. The lowest BCUT2D eigenvalue weighted by Gasteiger charge is -2.08. The molecule has 1 aromatic heterocycles. The summed E-state index contributed by atoms with van der Waals surface area (Å²) in [4.78, 5) is 5.17. The van der Waals surface area contributed by atoms with Crippen LogP contribution in [0.5, 0.6) is 11.6 Å². The molecule has 2 aromatic rings. The highest BCUT2D eigenvalue weighted by atomic mass is 32.2. The van der Waals surface area contributed by atoms with Gasteiger partial charge in [0.15, 0.2) is 0 Å². The number of nitriles is 1. The topological polar surface area (TPSA) is 71.9 Å². The van der Waals surface area contributed by atoms with Crippen LogP contribution in [0.4, 0.5) is 5.69 Å². The van der Waals surface area contributed by atoms with Gasteiger partial charge in [-0.2, -0.15) is 5.26 Å². The van der Waals surface area contributed by atoms with Gasteiger partial charge in [0.2, 0.25) is 5.88 Å². The number of benzene rings is 1. The van der Waals surface area contributed by atoms with Gasteiger partial charge < -0.3 is 10.5 Å². The molecule has 1 heterocycles. The second-order valence-electron chi connectivity index (χ2n) is 3.47. The van der Waals surface area contributed by atoms with Gasteiger partial charge in [-0.25, -0.2) is 4.98 Å². The van der Waals surface area contributed by atoms with Crippen LogP contribution in [-0.2, 0) is 0 Å². The Balaban J connectivity index is 2.26. The maximum absolute atomic E-state index is 8.86. The molecule has 0 bridgehead atoms. The Morgan fingerprint density at radius 2 is 2.00 bits per heavy atom. The molecule has 2 rings (SSSR count). The number of nitrogen functional groups attached to an aromatic ring is 1. The van der Waals surface area contributed by atoms with Crippen molar-refractivity contribution in [1.29, 1.82) is 5.26 Å². The quantitative estimate of drug-likeness (QED) is 0.855. The summed E-state index contributed by atoms with van der Waals surface area (Å²) in [6.45, 7) is 0. The Morgan fingerprint density at radius 3 is 2.61 bits per heavy atom. The van der Waals surface area contributed by atoms with E-state index in [1.807, 2.05) is 36.6 Å². The summed E-state index contributed by atoms with van der Waals surface area (Å²) in [5.41, 5.74) is 6.40. The number of hydrogen-bond donors (Lipinski definition) is 1. The van der Waals surface area contributed by atoms with Crippen molar-refractivity contribution in [3.8, 4) is 17.7 Å². The first-order valence-electron chi connectivity index (χ1n) is 5.21. The van der Waals surface area contributed by atoms with Crippen LogP contribution in [0.15, 0.2) is 41.4 Å². The van der Waals surface area contributed by atoms with E-state index >= 15 is 0 Å². The molecule has 0 aliphatic carbocycles. The molecule has 90 valence electrons. The van der Waals surface area contributed by atoms with Crippen molar-refractivity contribution in [3.05, 3.63) is 42.1 Å². The average molecular weight is 257 g/mol. The van der Waals surface area contributed by atoms with Crippen LogP contribution in [0, 0.1) is 11.3 Å². The van der Waals surface area contributed by atoms with Gasteiger partial charge in [0.1, 0.15) is 17.5 Å². The molecule has 0 aliphatic rings. The predicted molar refractivity (Wildman–Crippen MR) is 71.7 cm³/mol. The molecule has 18 heavy (non-hydrogen) atoms. The van der Waals surface area contributed by atoms with Crippen molar-refractivity contribution in [2.75, 3.05) is 12.0 Å². The molecule has 0 amide bonds. The molecule has 0 atom stereocenters. The second-order valence-corrected chi connectivity index (χ2v) is 4.35. The number of ether oxygens (including phenoxy) is 1. The number of hydrogen-bond acceptors (Lipinski definition) is 5. The van der Waals surface area contributed by atoms with E-state index in [2.05, 4.69) is 4.98 Å². The van der Waals surface area contributed by atoms with Crippen molar-refractivity contribution < 1.29 is 4.74 Å². The molecule has 0 saturated heterocycles.